The largest absolute Gasteiger partial charge is 0.466 e. The lowest BCUT2D eigenvalue weighted by atomic mass is 10.0. The van der Waals surface area contributed by atoms with Gasteiger partial charge in [-0.15, -0.1) is 0 Å². The molecule has 16 heavy (non-hydrogen) atoms. The number of carbonyl (C=O) groups excluding carboxylic acids is 1. The van der Waals surface area contributed by atoms with Crippen LogP contribution in [0, 0.1) is 0 Å². The van der Waals surface area contributed by atoms with Gasteiger partial charge in [-0.05, 0) is 33.6 Å². The topological polar surface area (TPSA) is 44.8 Å². The van der Waals surface area contributed by atoms with E-state index < -0.39 is 0 Å². The average Bonchev–Trinajstić information content (AvgIpc) is 2.16. The van der Waals surface area contributed by atoms with Gasteiger partial charge >= 0.3 is 5.97 Å². The third-order valence-electron chi connectivity index (χ3n) is 2.62. The van der Waals surface area contributed by atoms with Crippen LogP contribution < -0.4 is 0 Å². The summed E-state index contributed by atoms with van der Waals surface area (Å²) in [5.74, 6) is -0.185. The lowest BCUT2D eigenvalue weighted by molar-refractivity contribution is -0.146. The van der Waals surface area contributed by atoms with Crippen molar-refractivity contribution in [3.05, 3.63) is 0 Å². The van der Waals surface area contributed by atoms with Gasteiger partial charge in [-0.2, -0.15) is 0 Å². The zero-order valence-electron chi connectivity index (χ0n) is 10.4. The van der Waals surface area contributed by atoms with E-state index in [-0.39, 0.29) is 24.3 Å². The Morgan fingerprint density at radius 3 is 2.50 bits per heavy atom. The first-order chi connectivity index (χ1) is 7.61. The van der Waals surface area contributed by atoms with E-state index in [1.54, 1.807) is 6.92 Å². The number of ether oxygens (including phenoxy) is 3. The second kappa shape index (κ2) is 6.86. The van der Waals surface area contributed by atoms with Crippen LogP contribution in [-0.2, 0) is 19.0 Å². The maximum Gasteiger partial charge on any atom is 0.308 e. The molecule has 0 radical (unpaired) electrons. The van der Waals surface area contributed by atoms with Crippen LogP contribution in [0.4, 0.5) is 0 Å². The minimum absolute atomic E-state index is 0.185. The third-order valence-corrected chi connectivity index (χ3v) is 2.62. The zero-order chi connectivity index (χ0) is 12.0. The molecule has 0 spiro atoms. The molecule has 0 aliphatic carbocycles. The monoisotopic (exact) mass is 230 g/mol. The fraction of sp³-hybridized carbons (Fsp3) is 0.917. The molecule has 94 valence electrons. The Hall–Kier alpha value is -0.610. The molecule has 0 N–H and O–H groups in total. The highest BCUT2D eigenvalue weighted by atomic mass is 16.5. The summed E-state index contributed by atoms with van der Waals surface area (Å²) in [7, 11) is 0. The lowest BCUT2D eigenvalue weighted by Crippen LogP contribution is -2.34. The Morgan fingerprint density at radius 1 is 1.31 bits per heavy atom. The molecule has 0 bridgehead atoms. The van der Waals surface area contributed by atoms with Crippen LogP contribution in [0.25, 0.3) is 0 Å². The minimum atomic E-state index is -0.185. The predicted molar refractivity (Wildman–Crippen MR) is 60.2 cm³/mol. The molecule has 1 aliphatic rings. The van der Waals surface area contributed by atoms with Crippen molar-refractivity contribution in [2.24, 2.45) is 0 Å². The SMILES string of the molecule is CCOC(=O)CCOC1CC(C)OC(C)C1. The number of hydrogen-bond donors (Lipinski definition) is 0. The molecule has 2 unspecified atom stereocenters. The summed E-state index contributed by atoms with van der Waals surface area (Å²) in [6.07, 6.45) is 2.87. The average molecular weight is 230 g/mol. The smallest absolute Gasteiger partial charge is 0.308 e. The van der Waals surface area contributed by atoms with Crippen molar-refractivity contribution in [2.45, 2.75) is 58.3 Å². The summed E-state index contributed by atoms with van der Waals surface area (Å²) < 4.78 is 16.1. The summed E-state index contributed by atoms with van der Waals surface area (Å²) in [4.78, 5) is 11.1. The van der Waals surface area contributed by atoms with Gasteiger partial charge in [-0.3, -0.25) is 4.79 Å². The maximum atomic E-state index is 11.1. The standard InChI is InChI=1S/C12H22O4/c1-4-14-12(13)5-6-15-11-7-9(2)16-10(3)8-11/h9-11H,4-8H2,1-3H3. The van der Waals surface area contributed by atoms with Crippen LogP contribution >= 0.6 is 0 Å². The van der Waals surface area contributed by atoms with Gasteiger partial charge in [0.25, 0.3) is 0 Å². The van der Waals surface area contributed by atoms with Crippen molar-refractivity contribution < 1.29 is 19.0 Å². The van der Waals surface area contributed by atoms with Gasteiger partial charge in [0.2, 0.25) is 0 Å². The quantitative estimate of drug-likeness (QED) is 0.677. The molecule has 1 fully saturated rings. The number of esters is 1. The maximum absolute atomic E-state index is 11.1. The lowest BCUT2D eigenvalue weighted by Gasteiger charge is -2.31. The van der Waals surface area contributed by atoms with Crippen molar-refractivity contribution >= 4 is 5.97 Å². The van der Waals surface area contributed by atoms with E-state index in [1.807, 2.05) is 0 Å². The summed E-state index contributed by atoms with van der Waals surface area (Å²) >= 11 is 0. The molecule has 1 aliphatic heterocycles. The van der Waals surface area contributed by atoms with Crippen LogP contribution in [0.5, 0.6) is 0 Å². The second-order valence-electron chi connectivity index (χ2n) is 4.28. The molecule has 0 amide bonds. The number of carbonyl (C=O) groups is 1. The highest BCUT2D eigenvalue weighted by Crippen LogP contribution is 2.21. The summed E-state index contributed by atoms with van der Waals surface area (Å²) in [5.41, 5.74) is 0. The Morgan fingerprint density at radius 2 is 1.94 bits per heavy atom. The van der Waals surface area contributed by atoms with Crippen molar-refractivity contribution in [1.29, 1.82) is 0 Å². The first-order valence-corrected chi connectivity index (χ1v) is 6.04. The molecule has 0 aromatic heterocycles. The van der Waals surface area contributed by atoms with Crippen molar-refractivity contribution in [2.75, 3.05) is 13.2 Å². The molecular formula is C12H22O4. The van der Waals surface area contributed by atoms with Gasteiger partial charge in [-0.25, -0.2) is 0 Å². The molecule has 0 aromatic carbocycles. The minimum Gasteiger partial charge on any atom is -0.466 e. The Balaban J connectivity index is 2.14. The molecule has 4 nitrogen and oxygen atoms in total. The van der Waals surface area contributed by atoms with E-state index in [4.69, 9.17) is 14.2 Å². The Labute approximate surface area is 97.2 Å². The molecule has 1 saturated heterocycles. The predicted octanol–water partition coefficient (Wildman–Crippen LogP) is 1.91. The number of rotatable bonds is 5. The second-order valence-corrected chi connectivity index (χ2v) is 4.28. The van der Waals surface area contributed by atoms with E-state index >= 15 is 0 Å². The normalized spacial score (nSPS) is 30.1. The summed E-state index contributed by atoms with van der Waals surface area (Å²) in [6.45, 7) is 6.79. The van der Waals surface area contributed by atoms with E-state index in [0.29, 0.717) is 19.6 Å². The summed E-state index contributed by atoms with van der Waals surface area (Å²) in [6, 6.07) is 0. The first kappa shape index (κ1) is 13.5. The van der Waals surface area contributed by atoms with Gasteiger partial charge in [0.05, 0.1) is 37.9 Å². The zero-order valence-corrected chi connectivity index (χ0v) is 10.4. The van der Waals surface area contributed by atoms with Crippen molar-refractivity contribution in [3.63, 3.8) is 0 Å². The summed E-state index contributed by atoms with van der Waals surface area (Å²) in [5, 5.41) is 0. The van der Waals surface area contributed by atoms with E-state index in [1.165, 1.54) is 0 Å². The van der Waals surface area contributed by atoms with Gasteiger partial charge < -0.3 is 14.2 Å². The van der Waals surface area contributed by atoms with Gasteiger partial charge in [0, 0.05) is 0 Å². The van der Waals surface area contributed by atoms with Gasteiger partial charge in [0.15, 0.2) is 0 Å². The highest BCUT2D eigenvalue weighted by molar-refractivity contribution is 5.69. The molecule has 4 heteroatoms. The molecule has 0 saturated carbocycles. The highest BCUT2D eigenvalue weighted by Gasteiger charge is 2.24. The van der Waals surface area contributed by atoms with Crippen LogP contribution in [0.2, 0.25) is 0 Å². The molecule has 1 heterocycles. The van der Waals surface area contributed by atoms with E-state index in [0.717, 1.165) is 12.8 Å². The van der Waals surface area contributed by atoms with Crippen molar-refractivity contribution in [1.82, 2.24) is 0 Å². The number of hydrogen-bond acceptors (Lipinski definition) is 4. The van der Waals surface area contributed by atoms with Gasteiger partial charge in [-0.1, -0.05) is 0 Å². The van der Waals surface area contributed by atoms with Crippen LogP contribution in [-0.4, -0.2) is 37.5 Å². The Kier molecular flexibility index (Phi) is 5.77. The molecule has 0 aromatic rings. The third kappa shape index (κ3) is 4.94. The van der Waals surface area contributed by atoms with E-state index in [9.17, 15) is 4.79 Å². The van der Waals surface area contributed by atoms with E-state index in [2.05, 4.69) is 13.8 Å². The van der Waals surface area contributed by atoms with Crippen LogP contribution in [0.3, 0.4) is 0 Å². The van der Waals surface area contributed by atoms with Crippen LogP contribution in [0.15, 0.2) is 0 Å². The fourth-order valence-electron chi connectivity index (χ4n) is 2.02. The molecular weight excluding hydrogens is 208 g/mol. The molecule has 1 rings (SSSR count). The van der Waals surface area contributed by atoms with Crippen LogP contribution in [0.1, 0.15) is 40.0 Å². The van der Waals surface area contributed by atoms with Crippen molar-refractivity contribution in [3.8, 4) is 0 Å². The van der Waals surface area contributed by atoms with Gasteiger partial charge in [0.1, 0.15) is 0 Å². The first-order valence-electron chi connectivity index (χ1n) is 6.04. The Bertz CT molecular complexity index is 207. The fourth-order valence-corrected chi connectivity index (χ4v) is 2.02. The molecule has 2 atom stereocenters.